The number of pyridine rings is 1. The Morgan fingerprint density at radius 3 is 2.85 bits per heavy atom. The van der Waals surface area contributed by atoms with Crippen LogP contribution in [0.25, 0.3) is 5.65 Å². The molecule has 0 aliphatic carbocycles. The number of aromatic nitrogens is 4. The molecule has 0 radical (unpaired) electrons. The number of aliphatic hydroxyl groups is 1. The van der Waals surface area contributed by atoms with Crippen LogP contribution in [-0.4, -0.2) is 48.6 Å². The van der Waals surface area contributed by atoms with Gasteiger partial charge in [-0.15, -0.1) is 0 Å². The van der Waals surface area contributed by atoms with Gasteiger partial charge in [-0.3, -0.25) is 9.78 Å². The third-order valence-corrected chi connectivity index (χ3v) is 3.96. The highest BCUT2D eigenvalue weighted by molar-refractivity contribution is 5.93. The van der Waals surface area contributed by atoms with E-state index in [0.717, 1.165) is 11.1 Å². The number of nitrogens with zero attached hydrogens (tertiary/aromatic N) is 5. The van der Waals surface area contributed by atoms with Gasteiger partial charge in [0.2, 0.25) is 0 Å². The summed E-state index contributed by atoms with van der Waals surface area (Å²) in [6.07, 6.45) is 7.49. The second-order valence-corrected chi connectivity index (χ2v) is 6.71. The molecule has 136 valence electrons. The van der Waals surface area contributed by atoms with E-state index < -0.39 is 0 Å². The van der Waals surface area contributed by atoms with Gasteiger partial charge in [0, 0.05) is 50.6 Å². The number of aliphatic hydroxyl groups excluding tert-OH is 1. The minimum atomic E-state index is -0.128. The smallest absolute Gasteiger partial charge is 0.274 e. The molecular formula is C19H23N5O2. The zero-order valence-electron chi connectivity index (χ0n) is 15.0. The minimum absolute atomic E-state index is 0.0491. The Kier molecular flexibility index (Phi) is 5.58. The predicted octanol–water partition coefficient (Wildman–Crippen LogP) is 1.96. The fraction of sp³-hybridized carbons (Fsp3) is 0.368. The molecule has 0 unspecified atom stereocenters. The standard InChI is InChI=1S/C19H23N5O2/c1-14(2)11-23(12-15-4-3-6-20-9-15)19(26)17-8-18-21-10-16(5-7-25)13-24(18)22-17/h3-4,6,8-10,13-14,25H,5,7,11-12H2,1-2H3. The summed E-state index contributed by atoms with van der Waals surface area (Å²) in [6, 6.07) is 5.52. The van der Waals surface area contributed by atoms with E-state index in [-0.39, 0.29) is 12.5 Å². The van der Waals surface area contributed by atoms with E-state index in [1.165, 1.54) is 0 Å². The van der Waals surface area contributed by atoms with Gasteiger partial charge in [-0.1, -0.05) is 19.9 Å². The summed E-state index contributed by atoms with van der Waals surface area (Å²) in [7, 11) is 0. The Balaban J connectivity index is 1.86. The first kappa shape index (κ1) is 18.0. The van der Waals surface area contributed by atoms with Crippen LogP contribution in [0.5, 0.6) is 0 Å². The van der Waals surface area contributed by atoms with E-state index in [4.69, 9.17) is 5.11 Å². The van der Waals surface area contributed by atoms with Crippen molar-refractivity contribution in [2.45, 2.75) is 26.8 Å². The molecule has 1 N–H and O–H groups in total. The van der Waals surface area contributed by atoms with Gasteiger partial charge in [0.1, 0.15) is 0 Å². The maximum Gasteiger partial charge on any atom is 0.274 e. The van der Waals surface area contributed by atoms with Crippen LogP contribution in [0.2, 0.25) is 0 Å². The minimum Gasteiger partial charge on any atom is -0.396 e. The Morgan fingerprint density at radius 2 is 2.15 bits per heavy atom. The number of rotatable bonds is 7. The van der Waals surface area contributed by atoms with Gasteiger partial charge in [-0.05, 0) is 29.5 Å². The third kappa shape index (κ3) is 4.23. The lowest BCUT2D eigenvalue weighted by atomic mass is 10.1. The van der Waals surface area contributed by atoms with E-state index in [0.29, 0.717) is 36.8 Å². The lowest BCUT2D eigenvalue weighted by Crippen LogP contribution is -2.34. The van der Waals surface area contributed by atoms with Gasteiger partial charge in [0.05, 0.1) is 0 Å². The number of fused-ring (bicyclic) bond motifs is 1. The molecule has 7 nitrogen and oxygen atoms in total. The van der Waals surface area contributed by atoms with Crippen LogP contribution in [0.1, 0.15) is 35.5 Å². The summed E-state index contributed by atoms with van der Waals surface area (Å²) in [6.45, 7) is 5.33. The summed E-state index contributed by atoms with van der Waals surface area (Å²) in [5.74, 6) is 0.207. The normalized spacial score (nSPS) is 11.2. The van der Waals surface area contributed by atoms with E-state index in [9.17, 15) is 4.79 Å². The van der Waals surface area contributed by atoms with Crippen molar-refractivity contribution in [2.75, 3.05) is 13.2 Å². The second-order valence-electron chi connectivity index (χ2n) is 6.71. The van der Waals surface area contributed by atoms with Crippen LogP contribution in [0.15, 0.2) is 43.0 Å². The van der Waals surface area contributed by atoms with Crippen LogP contribution < -0.4 is 0 Å². The van der Waals surface area contributed by atoms with Crippen molar-refractivity contribution in [2.24, 2.45) is 5.92 Å². The van der Waals surface area contributed by atoms with Gasteiger partial charge in [-0.25, -0.2) is 9.50 Å². The van der Waals surface area contributed by atoms with Crippen LogP contribution in [0.4, 0.5) is 0 Å². The number of carbonyl (C=O) groups excluding carboxylic acids is 1. The number of hydrogen-bond acceptors (Lipinski definition) is 5. The fourth-order valence-corrected chi connectivity index (χ4v) is 2.81. The quantitative estimate of drug-likeness (QED) is 0.702. The number of hydrogen-bond donors (Lipinski definition) is 1. The average molecular weight is 353 g/mol. The van der Waals surface area contributed by atoms with Crippen LogP contribution >= 0.6 is 0 Å². The van der Waals surface area contributed by atoms with Crippen LogP contribution in [0, 0.1) is 5.92 Å². The highest BCUT2D eigenvalue weighted by Gasteiger charge is 2.20. The molecule has 0 saturated carbocycles. The van der Waals surface area contributed by atoms with Crippen molar-refractivity contribution in [1.82, 2.24) is 24.5 Å². The molecule has 3 aromatic rings. The molecule has 3 aromatic heterocycles. The molecule has 1 amide bonds. The van der Waals surface area contributed by atoms with E-state index in [1.807, 2.05) is 12.1 Å². The summed E-state index contributed by atoms with van der Waals surface area (Å²) in [5, 5.41) is 13.4. The molecule has 7 heteroatoms. The van der Waals surface area contributed by atoms with Crippen molar-refractivity contribution in [3.63, 3.8) is 0 Å². The molecule has 0 saturated heterocycles. The molecule has 0 fully saturated rings. The van der Waals surface area contributed by atoms with Crippen molar-refractivity contribution >= 4 is 11.6 Å². The number of amides is 1. The zero-order chi connectivity index (χ0) is 18.5. The van der Waals surface area contributed by atoms with E-state index in [1.54, 1.807) is 40.3 Å². The fourth-order valence-electron chi connectivity index (χ4n) is 2.81. The molecule has 0 aliphatic heterocycles. The molecule has 0 aromatic carbocycles. The highest BCUT2D eigenvalue weighted by atomic mass is 16.3. The monoisotopic (exact) mass is 353 g/mol. The first-order valence-corrected chi connectivity index (χ1v) is 8.70. The molecule has 26 heavy (non-hydrogen) atoms. The summed E-state index contributed by atoms with van der Waals surface area (Å²) >= 11 is 0. The zero-order valence-corrected chi connectivity index (χ0v) is 15.0. The van der Waals surface area contributed by atoms with Crippen LogP contribution in [-0.2, 0) is 13.0 Å². The first-order valence-electron chi connectivity index (χ1n) is 8.70. The van der Waals surface area contributed by atoms with Gasteiger partial charge in [0.15, 0.2) is 11.3 Å². The Bertz CT molecular complexity index is 876. The largest absolute Gasteiger partial charge is 0.396 e. The maximum absolute atomic E-state index is 13.0. The summed E-state index contributed by atoms with van der Waals surface area (Å²) in [5.41, 5.74) is 2.83. The summed E-state index contributed by atoms with van der Waals surface area (Å²) < 4.78 is 1.59. The second kappa shape index (κ2) is 8.05. The van der Waals surface area contributed by atoms with Crippen molar-refractivity contribution < 1.29 is 9.90 Å². The molecule has 0 atom stereocenters. The average Bonchev–Trinajstić information content (AvgIpc) is 3.04. The lowest BCUT2D eigenvalue weighted by molar-refractivity contribution is 0.0716. The van der Waals surface area contributed by atoms with Crippen molar-refractivity contribution in [3.05, 3.63) is 59.8 Å². The maximum atomic E-state index is 13.0. The number of carbonyl (C=O) groups is 1. The third-order valence-electron chi connectivity index (χ3n) is 3.96. The SMILES string of the molecule is CC(C)CN(Cc1cccnc1)C(=O)c1cc2ncc(CCO)cn2n1. The Labute approximate surface area is 152 Å². The molecule has 0 bridgehead atoms. The van der Waals surface area contributed by atoms with Gasteiger partial charge in [0.25, 0.3) is 5.91 Å². The topological polar surface area (TPSA) is 83.6 Å². The first-order chi connectivity index (χ1) is 12.6. The highest BCUT2D eigenvalue weighted by Crippen LogP contribution is 2.13. The predicted molar refractivity (Wildman–Crippen MR) is 97.6 cm³/mol. The summed E-state index contributed by atoms with van der Waals surface area (Å²) in [4.78, 5) is 23.3. The van der Waals surface area contributed by atoms with E-state index in [2.05, 4.69) is 28.9 Å². The lowest BCUT2D eigenvalue weighted by Gasteiger charge is -2.23. The molecule has 0 aliphatic rings. The molecule has 3 heterocycles. The Morgan fingerprint density at radius 1 is 1.31 bits per heavy atom. The van der Waals surface area contributed by atoms with Crippen LogP contribution in [0.3, 0.4) is 0 Å². The molecule has 0 spiro atoms. The Hall–Kier alpha value is -2.80. The van der Waals surface area contributed by atoms with E-state index >= 15 is 0 Å². The van der Waals surface area contributed by atoms with Crippen molar-refractivity contribution in [1.29, 1.82) is 0 Å². The van der Waals surface area contributed by atoms with Gasteiger partial charge < -0.3 is 10.0 Å². The molecule has 3 rings (SSSR count). The van der Waals surface area contributed by atoms with Crippen molar-refractivity contribution in [3.8, 4) is 0 Å². The van der Waals surface area contributed by atoms with Gasteiger partial charge in [-0.2, -0.15) is 5.10 Å². The molecular weight excluding hydrogens is 330 g/mol. The van der Waals surface area contributed by atoms with Gasteiger partial charge >= 0.3 is 0 Å².